The van der Waals surface area contributed by atoms with Crippen molar-refractivity contribution in [2.45, 2.75) is 13.8 Å². The maximum atomic E-state index is 10.8. The van der Waals surface area contributed by atoms with Crippen LogP contribution in [0.5, 0.6) is 0 Å². The molecule has 0 amide bonds. The highest BCUT2D eigenvalue weighted by molar-refractivity contribution is 6.37. The summed E-state index contributed by atoms with van der Waals surface area (Å²) >= 11 is 0. The number of carbonyl (C=O) groups excluding carboxylic acids is 1. The Bertz CT molecular complexity index is 389. The lowest BCUT2D eigenvalue weighted by Gasteiger charge is -1.91. The quantitative estimate of drug-likeness (QED) is 0.525. The Kier molecular flexibility index (Phi) is 3.28. The molecule has 0 aliphatic heterocycles. The standard InChI is InChI=1S/C9H12N4O/c1-7(8(2)14)12-11-6-9-10-4-5-13(9)3/h4-6H,1-3H3. The number of nitrogens with zero attached hydrogens (tertiary/aromatic N) is 4. The van der Waals surface area contributed by atoms with E-state index in [-0.39, 0.29) is 5.78 Å². The Morgan fingerprint density at radius 3 is 2.79 bits per heavy atom. The van der Waals surface area contributed by atoms with Crippen molar-refractivity contribution in [1.82, 2.24) is 9.55 Å². The van der Waals surface area contributed by atoms with Crippen LogP contribution in [-0.2, 0) is 11.8 Å². The van der Waals surface area contributed by atoms with Crippen molar-refractivity contribution in [3.05, 3.63) is 18.2 Å². The normalized spacial score (nSPS) is 12.4. The molecular formula is C9H12N4O. The van der Waals surface area contributed by atoms with E-state index >= 15 is 0 Å². The number of Topliss-reactive ketones (excluding diaryl/α,β-unsaturated/α-hetero) is 1. The van der Waals surface area contributed by atoms with Gasteiger partial charge in [-0.2, -0.15) is 10.2 Å². The van der Waals surface area contributed by atoms with Crippen LogP contribution in [0.25, 0.3) is 0 Å². The molecule has 0 aromatic carbocycles. The zero-order chi connectivity index (χ0) is 10.6. The van der Waals surface area contributed by atoms with Crippen LogP contribution >= 0.6 is 0 Å². The van der Waals surface area contributed by atoms with Gasteiger partial charge in [0, 0.05) is 26.4 Å². The number of aromatic nitrogens is 2. The van der Waals surface area contributed by atoms with Gasteiger partial charge in [0.05, 0.1) is 6.21 Å². The number of ketones is 1. The maximum absolute atomic E-state index is 10.8. The van der Waals surface area contributed by atoms with Crippen molar-refractivity contribution in [2.24, 2.45) is 17.3 Å². The van der Waals surface area contributed by atoms with Crippen LogP contribution in [0.1, 0.15) is 19.7 Å². The van der Waals surface area contributed by atoms with Gasteiger partial charge in [0.25, 0.3) is 0 Å². The van der Waals surface area contributed by atoms with E-state index in [0.717, 1.165) is 0 Å². The number of carbonyl (C=O) groups is 1. The lowest BCUT2D eigenvalue weighted by Crippen LogP contribution is -2.03. The van der Waals surface area contributed by atoms with Crippen LogP contribution in [-0.4, -0.2) is 27.3 Å². The molecule has 0 saturated heterocycles. The van der Waals surface area contributed by atoms with Crippen molar-refractivity contribution in [2.75, 3.05) is 0 Å². The van der Waals surface area contributed by atoms with Crippen LogP contribution < -0.4 is 0 Å². The molecule has 1 aromatic rings. The van der Waals surface area contributed by atoms with E-state index in [1.165, 1.54) is 13.1 Å². The Morgan fingerprint density at radius 2 is 2.29 bits per heavy atom. The first-order valence-electron chi connectivity index (χ1n) is 4.17. The van der Waals surface area contributed by atoms with Gasteiger partial charge in [0.15, 0.2) is 11.6 Å². The molecule has 1 aromatic heterocycles. The van der Waals surface area contributed by atoms with Gasteiger partial charge in [0.1, 0.15) is 5.71 Å². The Balaban J connectivity index is 2.71. The number of imidazole rings is 1. The Morgan fingerprint density at radius 1 is 1.57 bits per heavy atom. The maximum Gasteiger partial charge on any atom is 0.175 e. The molecule has 0 bridgehead atoms. The van der Waals surface area contributed by atoms with E-state index in [1.54, 1.807) is 13.1 Å². The predicted octanol–water partition coefficient (Wildman–Crippen LogP) is 0.804. The first-order chi connectivity index (χ1) is 6.61. The van der Waals surface area contributed by atoms with E-state index in [4.69, 9.17) is 0 Å². The number of hydrogen-bond donors (Lipinski definition) is 0. The number of rotatable bonds is 3. The minimum Gasteiger partial charge on any atom is -0.333 e. The van der Waals surface area contributed by atoms with Crippen LogP contribution in [0.4, 0.5) is 0 Å². The van der Waals surface area contributed by atoms with E-state index < -0.39 is 0 Å². The fourth-order valence-electron chi connectivity index (χ4n) is 0.739. The molecule has 1 heterocycles. The molecule has 0 spiro atoms. The molecule has 74 valence electrons. The first kappa shape index (κ1) is 10.3. The van der Waals surface area contributed by atoms with Gasteiger partial charge in [-0.25, -0.2) is 4.98 Å². The van der Waals surface area contributed by atoms with Crippen LogP contribution in [0.15, 0.2) is 22.6 Å². The monoisotopic (exact) mass is 192 g/mol. The molecule has 1 rings (SSSR count). The third kappa shape index (κ3) is 2.62. The van der Waals surface area contributed by atoms with Crippen molar-refractivity contribution in [1.29, 1.82) is 0 Å². The second-order valence-electron chi connectivity index (χ2n) is 2.88. The summed E-state index contributed by atoms with van der Waals surface area (Å²) in [5.41, 5.74) is 0.385. The summed E-state index contributed by atoms with van der Waals surface area (Å²) in [4.78, 5) is 14.8. The molecule has 0 atom stereocenters. The third-order valence-corrected chi connectivity index (χ3v) is 1.75. The summed E-state index contributed by atoms with van der Waals surface area (Å²) in [6.45, 7) is 3.08. The highest BCUT2D eigenvalue weighted by atomic mass is 16.1. The van der Waals surface area contributed by atoms with Gasteiger partial charge in [-0.1, -0.05) is 0 Å². The minimum absolute atomic E-state index is 0.0815. The zero-order valence-corrected chi connectivity index (χ0v) is 8.43. The summed E-state index contributed by atoms with van der Waals surface area (Å²) in [5, 5.41) is 7.48. The first-order valence-corrected chi connectivity index (χ1v) is 4.17. The smallest absolute Gasteiger partial charge is 0.175 e. The molecule has 0 radical (unpaired) electrons. The van der Waals surface area contributed by atoms with E-state index in [0.29, 0.717) is 11.5 Å². The molecule has 0 aliphatic carbocycles. The molecule has 5 heteroatoms. The topological polar surface area (TPSA) is 59.6 Å². The second kappa shape index (κ2) is 4.45. The largest absolute Gasteiger partial charge is 0.333 e. The summed E-state index contributed by atoms with van der Waals surface area (Å²) < 4.78 is 1.81. The summed E-state index contributed by atoms with van der Waals surface area (Å²) in [6, 6.07) is 0. The van der Waals surface area contributed by atoms with Gasteiger partial charge >= 0.3 is 0 Å². The van der Waals surface area contributed by atoms with Gasteiger partial charge in [-0.05, 0) is 6.92 Å². The second-order valence-corrected chi connectivity index (χ2v) is 2.88. The van der Waals surface area contributed by atoms with Crippen LogP contribution in [0, 0.1) is 0 Å². The number of hydrogen-bond acceptors (Lipinski definition) is 4. The average molecular weight is 192 g/mol. The fourth-order valence-corrected chi connectivity index (χ4v) is 0.739. The third-order valence-electron chi connectivity index (χ3n) is 1.75. The molecule has 0 N–H and O–H groups in total. The van der Waals surface area contributed by atoms with E-state index in [2.05, 4.69) is 15.2 Å². The summed E-state index contributed by atoms with van der Waals surface area (Å²) in [7, 11) is 1.86. The van der Waals surface area contributed by atoms with Gasteiger partial charge < -0.3 is 4.57 Å². The van der Waals surface area contributed by atoms with Crippen molar-refractivity contribution in [3.8, 4) is 0 Å². The average Bonchev–Trinajstić information content (AvgIpc) is 2.51. The molecule has 0 aliphatic rings. The van der Waals surface area contributed by atoms with Crippen LogP contribution in [0.3, 0.4) is 0 Å². The highest BCUT2D eigenvalue weighted by Gasteiger charge is 1.96. The van der Waals surface area contributed by atoms with E-state index in [1.807, 2.05) is 17.8 Å². The van der Waals surface area contributed by atoms with E-state index in [9.17, 15) is 4.79 Å². The molecule has 5 nitrogen and oxygen atoms in total. The van der Waals surface area contributed by atoms with Gasteiger partial charge in [-0.15, -0.1) is 0 Å². The Hall–Kier alpha value is -1.78. The molecule has 0 unspecified atom stereocenters. The molecule has 14 heavy (non-hydrogen) atoms. The van der Waals surface area contributed by atoms with Crippen LogP contribution in [0.2, 0.25) is 0 Å². The summed E-state index contributed by atoms with van der Waals surface area (Å²) in [5.74, 6) is 0.618. The lowest BCUT2D eigenvalue weighted by molar-refractivity contribution is -0.111. The van der Waals surface area contributed by atoms with Gasteiger partial charge in [0.2, 0.25) is 0 Å². The SMILES string of the molecule is CC(=O)C(C)=NN=Cc1nccn1C. The van der Waals surface area contributed by atoms with Crippen molar-refractivity contribution < 1.29 is 4.79 Å². The Labute approximate surface area is 82.2 Å². The zero-order valence-electron chi connectivity index (χ0n) is 8.43. The fraction of sp³-hybridized carbons (Fsp3) is 0.333. The minimum atomic E-state index is -0.0815. The predicted molar refractivity (Wildman–Crippen MR) is 54.6 cm³/mol. The highest BCUT2D eigenvalue weighted by Crippen LogP contribution is 1.90. The molecule has 0 fully saturated rings. The van der Waals surface area contributed by atoms with Crippen molar-refractivity contribution in [3.63, 3.8) is 0 Å². The lowest BCUT2D eigenvalue weighted by atomic mass is 10.3. The van der Waals surface area contributed by atoms with Gasteiger partial charge in [-0.3, -0.25) is 4.79 Å². The number of aryl methyl sites for hydroxylation is 1. The van der Waals surface area contributed by atoms with Crippen molar-refractivity contribution >= 4 is 17.7 Å². The summed E-state index contributed by atoms with van der Waals surface area (Å²) in [6.07, 6.45) is 4.98. The molecule has 0 saturated carbocycles. The molecular weight excluding hydrogens is 180 g/mol.